The van der Waals surface area contributed by atoms with Crippen LogP contribution < -0.4 is 5.32 Å². The molecule has 0 aromatic rings. The Hall–Kier alpha value is -1.15. The van der Waals surface area contributed by atoms with Gasteiger partial charge in [0, 0.05) is 13.5 Å². The van der Waals surface area contributed by atoms with Gasteiger partial charge in [0.05, 0.1) is 18.1 Å². The molecule has 0 fully saturated rings. The number of hydrogen-bond donors (Lipinski definition) is 2. The molecule has 1 unspecified atom stereocenters. The van der Waals surface area contributed by atoms with E-state index in [1.54, 1.807) is 0 Å². The molecule has 18 heavy (non-hydrogen) atoms. The number of nitrogens with one attached hydrogen (secondary N) is 1. The number of amides is 1. The van der Waals surface area contributed by atoms with E-state index in [9.17, 15) is 18.0 Å². The van der Waals surface area contributed by atoms with Gasteiger partial charge in [-0.15, -0.1) is 0 Å². The minimum atomic E-state index is -3.57. The van der Waals surface area contributed by atoms with Crippen molar-refractivity contribution in [1.82, 2.24) is 5.32 Å². The number of carbonyl (C=O) groups excluding carboxylic acids is 1. The first kappa shape index (κ1) is 16.9. The fraction of sp³-hybridized carbons (Fsp3) is 0.800. The average molecular weight is 281 g/mol. The molecular weight excluding hydrogens is 262 g/mol. The zero-order valence-corrected chi connectivity index (χ0v) is 11.3. The number of carboxylic acid groups (broad SMARTS) is 1. The van der Waals surface area contributed by atoms with Crippen LogP contribution in [-0.4, -0.2) is 56.2 Å². The number of carboxylic acids is 1. The third-order valence-electron chi connectivity index (χ3n) is 1.98. The van der Waals surface area contributed by atoms with Gasteiger partial charge in [-0.1, -0.05) is 6.92 Å². The lowest BCUT2D eigenvalue weighted by Crippen LogP contribution is -2.45. The highest BCUT2D eigenvalue weighted by Crippen LogP contribution is 1.97. The van der Waals surface area contributed by atoms with Gasteiger partial charge in [-0.05, 0) is 6.42 Å². The van der Waals surface area contributed by atoms with E-state index >= 15 is 0 Å². The molecule has 0 radical (unpaired) electrons. The van der Waals surface area contributed by atoms with Gasteiger partial charge in [-0.3, -0.25) is 4.79 Å². The summed E-state index contributed by atoms with van der Waals surface area (Å²) in [6.07, 6.45) is 0.781. The molecule has 1 atom stereocenters. The number of rotatable bonds is 9. The summed E-state index contributed by atoms with van der Waals surface area (Å²) in [6.45, 7) is 3.52. The summed E-state index contributed by atoms with van der Waals surface area (Å²) in [7, 11) is -3.57. The molecule has 2 N–H and O–H groups in total. The number of sulfone groups is 1. The number of hydrogen-bond acceptors (Lipinski definition) is 5. The highest BCUT2D eigenvalue weighted by molar-refractivity contribution is 7.91. The van der Waals surface area contributed by atoms with Crippen molar-refractivity contribution >= 4 is 21.7 Å². The SMILES string of the molecule is CCCOCCS(=O)(=O)CC(NC(C)=O)C(=O)O. The van der Waals surface area contributed by atoms with Gasteiger partial charge >= 0.3 is 5.97 Å². The Kier molecular flexibility index (Phi) is 7.53. The van der Waals surface area contributed by atoms with Crippen LogP contribution in [0.1, 0.15) is 20.3 Å². The Morgan fingerprint density at radius 3 is 2.39 bits per heavy atom. The summed E-state index contributed by atoms with van der Waals surface area (Å²) in [5.74, 6) is -2.84. The Morgan fingerprint density at radius 2 is 1.94 bits per heavy atom. The van der Waals surface area contributed by atoms with Crippen molar-refractivity contribution in [3.05, 3.63) is 0 Å². The molecule has 0 bridgehead atoms. The largest absolute Gasteiger partial charge is 0.480 e. The second kappa shape index (κ2) is 8.04. The van der Waals surface area contributed by atoms with Crippen LogP contribution in [0, 0.1) is 0 Å². The maximum Gasteiger partial charge on any atom is 0.327 e. The first-order chi connectivity index (χ1) is 8.28. The topological polar surface area (TPSA) is 110 Å². The van der Waals surface area contributed by atoms with Crippen LogP contribution in [0.25, 0.3) is 0 Å². The Morgan fingerprint density at radius 1 is 1.33 bits per heavy atom. The van der Waals surface area contributed by atoms with Gasteiger partial charge in [0.1, 0.15) is 6.04 Å². The number of carbonyl (C=O) groups is 2. The molecule has 0 spiro atoms. The van der Waals surface area contributed by atoms with Crippen LogP contribution >= 0.6 is 0 Å². The highest BCUT2D eigenvalue weighted by Gasteiger charge is 2.25. The van der Waals surface area contributed by atoms with Crippen LogP contribution in [-0.2, 0) is 24.2 Å². The van der Waals surface area contributed by atoms with Crippen molar-refractivity contribution < 1.29 is 27.9 Å². The molecule has 0 aromatic heterocycles. The van der Waals surface area contributed by atoms with E-state index in [4.69, 9.17) is 9.84 Å². The summed E-state index contributed by atoms with van der Waals surface area (Å²) in [5, 5.41) is 10.9. The molecule has 0 rings (SSSR count). The van der Waals surface area contributed by atoms with Crippen molar-refractivity contribution in [3.63, 3.8) is 0 Å². The minimum Gasteiger partial charge on any atom is -0.480 e. The smallest absolute Gasteiger partial charge is 0.327 e. The zero-order valence-electron chi connectivity index (χ0n) is 10.5. The van der Waals surface area contributed by atoms with Gasteiger partial charge < -0.3 is 15.2 Å². The highest BCUT2D eigenvalue weighted by atomic mass is 32.2. The van der Waals surface area contributed by atoms with Crippen molar-refractivity contribution in [1.29, 1.82) is 0 Å². The van der Waals surface area contributed by atoms with E-state index in [0.717, 1.165) is 13.3 Å². The van der Waals surface area contributed by atoms with Gasteiger partial charge in [-0.25, -0.2) is 13.2 Å². The van der Waals surface area contributed by atoms with Gasteiger partial charge in [0.2, 0.25) is 5.91 Å². The predicted molar refractivity (Wildman–Crippen MR) is 65.0 cm³/mol. The molecule has 8 heteroatoms. The molecule has 0 aliphatic carbocycles. The molecule has 0 heterocycles. The number of ether oxygens (including phenoxy) is 1. The second-order valence-electron chi connectivity index (χ2n) is 3.82. The van der Waals surface area contributed by atoms with E-state index in [1.165, 1.54) is 0 Å². The van der Waals surface area contributed by atoms with Crippen molar-refractivity contribution in [2.24, 2.45) is 0 Å². The lowest BCUT2D eigenvalue weighted by atomic mass is 10.3. The summed E-state index contributed by atoms with van der Waals surface area (Å²) in [4.78, 5) is 21.5. The van der Waals surface area contributed by atoms with E-state index in [1.807, 2.05) is 6.92 Å². The first-order valence-corrected chi connectivity index (χ1v) is 7.38. The summed E-state index contributed by atoms with van der Waals surface area (Å²) in [5.41, 5.74) is 0. The van der Waals surface area contributed by atoms with Crippen molar-refractivity contribution in [3.8, 4) is 0 Å². The maximum atomic E-state index is 11.6. The zero-order chi connectivity index (χ0) is 14.2. The van der Waals surface area contributed by atoms with Gasteiger partial charge in [-0.2, -0.15) is 0 Å². The van der Waals surface area contributed by atoms with E-state index in [0.29, 0.717) is 6.61 Å². The molecule has 0 aliphatic heterocycles. The quantitative estimate of drug-likeness (QED) is 0.547. The predicted octanol–water partition coefficient (Wildman–Crippen LogP) is -0.583. The molecule has 7 nitrogen and oxygen atoms in total. The summed E-state index contributed by atoms with van der Waals surface area (Å²) < 4.78 is 28.2. The Labute approximate surface area is 106 Å². The monoisotopic (exact) mass is 281 g/mol. The Bertz CT molecular complexity index is 378. The molecule has 106 valence electrons. The third kappa shape index (κ3) is 8.02. The molecule has 0 aromatic carbocycles. The fourth-order valence-electron chi connectivity index (χ4n) is 1.19. The molecular formula is C10H19NO6S. The normalized spacial score (nSPS) is 13.0. The molecule has 0 saturated heterocycles. The third-order valence-corrected chi connectivity index (χ3v) is 3.61. The van der Waals surface area contributed by atoms with Crippen molar-refractivity contribution in [2.75, 3.05) is 24.7 Å². The van der Waals surface area contributed by atoms with Gasteiger partial charge in [0.25, 0.3) is 0 Å². The van der Waals surface area contributed by atoms with Gasteiger partial charge in [0.15, 0.2) is 9.84 Å². The van der Waals surface area contributed by atoms with Crippen LogP contribution in [0.5, 0.6) is 0 Å². The average Bonchev–Trinajstić information content (AvgIpc) is 2.22. The Balaban J connectivity index is 4.33. The lowest BCUT2D eigenvalue weighted by molar-refractivity contribution is -0.140. The van der Waals surface area contributed by atoms with E-state index in [2.05, 4.69) is 5.32 Å². The van der Waals surface area contributed by atoms with Crippen molar-refractivity contribution in [2.45, 2.75) is 26.3 Å². The molecule has 0 aliphatic rings. The second-order valence-corrected chi connectivity index (χ2v) is 6.05. The standard InChI is InChI=1S/C10H19NO6S/c1-3-4-17-5-6-18(15,16)7-9(10(13)14)11-8(2)12/h9H,3-7H2,1-2H3,(H,11,12)(H,13,14). The van der Waals surface area contributed by atoms with E-state index < -0.39 is 33.5 Å². The minimum absolute atomic E-state index is 0.0303. The number of aliphatic carboxylic acids is 1. The van der Waals surface area contributed by atoms with Crippen LogP contribution in [0.15, 0.2) is 0 Å². The lowest BCUT2D eigenvalue weighted by Gasteiger charge is -2.13. The van der Waals surface area contributed by atoms with E-state index in [-0.39, 0.29) is 12.4 Å². The molecule has 1 amide bonds. The summed E-state index contributed by atoms with van der Waals surface area (Å²) in [6, 6.07) is -1.42. The molecule has 0 saturated carbocycles. The summed E-state index contributed by atoms with van der Waals surface area (Å²) >= 11 is 0. The van der Waals surface area contributed by atoms with Crippen LogP contribution in [0.4, 0.5) is 0 Å². The fourth-order valence-corrected chi connectivity index (χ4v) is 2.46. The maximum absolute atomic E-state index is 11.6. The van der Waals surface area contributed by atoms with Crippen LogP contribution in [0.2, 0.25) is 0 Å². The first-order valence-electron chi connectivity index (χ1n) is 5.56. The van der Waals surface area contributed by atoms with Crippen LogP contribution in [0.3, 0.4) is 0 Å².